The summed E-state index contributed by atoms with van der Waals surface area (Å²) in [5.41, 5.74) is 0.667. The van der Waals surface area contributed by atoms with Crippen LogP contribution in [0, 0.1) is 0 Å². The third-order valence-corrected chi connectivity index (χ3v) is 4.96. The van der Waals surface area contributed by atoms with E-state index in [4.69, 9.17) is 18.9 Å². The first-order valence-electron chi connectivity index (χ1n) is 5.59. The van der Waals surface area contributed by atoms with Gasteiger partial charge in [0.1, 0.15) is 10.2 Å². The van der Waals surface area contributed by atoms with Crippen LogP contribution in [0.4, 0.5) is 0 Å². The second-order valence-corrected chi connectivity index (χ2v) is 5.54. The second-order valence-electron chi connectivity index (χ2n) is 3.90. The number of esters is 1. The van der Waals surface area contributed by atoms with E-state index in [0.717, 1.165) is 0 Å². The minimum Gasteiger partial charge on any atom is -0.496 e. The van der Waals surface area contributed by atoms with E-state index in [0.29, 0.717) is 31.8 Å². The van der Waals surface area contributed by atoms with E-state index in [1.807, 2.05) is 0 Å². The molecule has 20 heavy (non-hydrogen) atoms. The summed E-state index contributed by atoms with van der Waals surface area (Å²) in [6, 6.07) is 3.41. The Bertz CT molecular complexity index is 582. The quantitative estimate of drug-likeness (QED) is 0.716. The van der Waals surface area contributed by atoms with Gasteiger partial charge in [0.15, 0.2) is 17.6 Å². The van der Waals surface area contributed by atoms with Gasteiger partial charge in [-0.25, -0.2) is 4.79 Å². The first-order valence-corrected chi connectivity index (χ1v) is 7.18. The molecular formula is C13H12Br2O5. The van der Waals surface area contributed by atoms with Gasteiger partial charge in [-0.1, -0.05) is 0 Å². The van der Waals surface area contributed by atoms with Crippen molar-refractivity contribution in [3.8, 4) is 17.2 Å². The van der Waals surface area contributed by atoms with E-state index in [2.05, 4.69) is 31.9 Å². The second kappa shape index (κ2) is 6.05. The van der Waals surface area contributed by atoms with Gasteiger partial charge in [0.25, 0.3) is 0 Å². The molecule has 1 atom stereocenters. The van der Waals surface area contributed by atoms with Gasteiger partial charge in [0.2, 0.25) is 0 Å². The van der Waals surface area contributed by atoms with Crippen molar-refractivity contribution in [1.29, 1.82) is 0 Å². The van der Waals surface area contributed by atoms with Gasteiger partial charge in [0.05, 0.1) is 25.8 Å². The summed E-state index contributed by atoms with van der Waals surface area (Å²) in [5, 5.41) is 0. The molecule has 0 N–H and O–H groups in total. The lowest BCUT2D eigenvalue weighted by molar-refractivity contribution is -0.139. The molecule has 0 saturated carbocycles. The number of rotatable bonds is 4. The predicted molar refractivity (Wildman–Crippen MR) is 79.8 cm³/mol. The zero-order valence-corrected chi connectivity index (χ0v) is 14.2. The van der Waals surface area contributed by atoms with Crippen molar-refractivity contribution >= 4 is 37.8 Å². The Morgan fingerprint density at radius 3 is 2.00 bits per heavy atom. The van der Waals surface area contributed by atoms with Crippen molar-refractivity contribution in [1.82, 2.24) is 0 Å². The summed E-state index contributed by atoms with van der Waals surface area (Å²) >= 11 is 6.53. The molecular weight excluding hydrogens is 396 g/mol. The largest absolute Gasteiger partial charge is 0.496 e. The van der Waals surface area contributed by atoms with E-state index in [9.17, 15) is 4.79 Å². The van der Waals surface area contributed by atoms with Crippen LogP contribution in [0.15, 0.2) is 21.1 Å². The molecule has 0 fully saturated rings. The first kappa shape index (κ1) is 15.2. The summed E-state index contributed by atoms with van der Waals surface area (Å²) in [6.45, 7) is 0. The monoisotopic (exact) mass is 406 g/mol. The van der Waals surface area contributed by atoms with Crippen LogP contribution in [0.3, 0.4) is 0 Å². The predicted octanol–water partition coefficient (Wildman–Crippen LogP) is 3.31. The molecule has 0 bridgehead atoms. The molecule has 5 nitrogen and oxygen atoms in total. The van der Waals surface area contributed by atoms with Crippen LogP contribution >= 0.6 is 31.9 Å². The fraction of sp³-hybridized carbons (Fsp3) is 0.308. The molecule has 0 aromatic heterocycles. The highest BCUT2D eigenvalue weighted by Crippen LogP contribution is 2.46. The Kier molecular flexibility index (Phi) is 4.59. The number of methoxy groups -OCH3 is 3. The maximum atomic E-state index is 11.6. The minimum absolute atomic E-state index is 0.360. The Morgan fingerprint density at radius 2 is 1.55 bits per heavy atom. The highest BCUT2D eigenvalue weighted by molar-refractivity contribution is 9.14. The molecule has 1 aromatic rings. The van der Waals surface area contributed by atoms with Crippen LogP contribution in [0.5, 0.6) is 17.2 Å². The van der Waals surface area contributed by atoms with Gasteiger partial charge in [-0.15, -0.1) is 0 Å². The average molecular weight is 408 g/mol. The summed E-state index contributed by atoms with van der Waals surface area (Å²) in [4.78, 5) is 11.6. The van der Waals surface area contributed by atoms with Crippen LogP contribution in [-0.2, 0) is 9.53 Å². The van der Waals surface area contributed by atoms with Crippen LogP contribution in [0.1, 0.15) is 11.7 Å². The normalized spacial score (nSPS) is 18.1. The van der Waals surface area contributed by atoms with Gasteiger partial charge in [0, 0.05) is 11.6 Å². The summed E-state index contributed by atoms with van der Waals surface area (Å²) in [6.07, 6.45) is -0.577. The molecule has 0 amide bonds. The smallest absolute Gasteiger partial charge is 0.347 e. The van der Waals surface area contributed by atoms with Crippen molar-refractivity contribution in [2.24, 2.45) is 0 Å². The summed E-state index contributed by atoms with van der Waals surface area (Å²) in [7, 11) is 4.61. The lowest BCUT2D eigenvalue weighted by Gasteiger charge is -2.18. The first-order chi connectivity index (χ1) is 9.53. The molecule has 0 saturated heterocycles. The number of ether oxygens (including phenoxy) is 4. The van der Waals surface area contributed by atoms with E-state index in [-0.39, 0.29) is 0 Å². The van der Waals surface area contributed by atoms with E-state index in [1.165, 1.54) is 14.2 Å². The van der Waals surface area contributed by atoms with Gasteiger partial charge in [-0.05, 0) is 37.9 Å². The molecule has 0 radical (unpaired) electrons. The average Bonchev–Trinajstić information content (AvgIpc) is 2.73. The van der Waals surface area contributed by atoms with Crippen LogP contribution in [0.25, 0.3) is 0 Å². The van der Waals surface area contributed by atoms with E-state index < -0.39 is 12.1 Å². The number of cyclic esters (lactones) is 1. The van der Waals surface area contributed by atoms with Gasteiger partial charge in [-0.2, -0.15) is 0 Å². The maximum Gasteiger partial charge on any atom is 0.347 e. The van der Waals surface area contributed by atoms with Crippen LogP contribution in [-0.4, -0.2) is 27.3 Å². The topological polar surface area (TPSA) is 54.0 Å². The number of benzene rings is 1. The molecule has 108 valence electrons. The summed E-state index contributed by atoms with van der Waals surface area (Å²) in [5.74, 6) is 1.18. The highest BCUT2D eigenvalue weighted by Gasteiger charge is 2.35. The molecule has 7 heteroatoms. The molecule has 2 rings (SSSR count). The maximum absolute atomic E-state index is 11.6. The van der Waals surface area contributed by atoms with Crippen molar-refractivity contribution in [2.45, 2.75) is 6.10 Å². The molecule has 1 aromatic carbocycles. The molecule has 1 aliphatic heterocycles. The number of hydrogen-bond donors (Lipinski definition) is 0. The molecule has 1 heterocycles. The summed E-state index contributed by atoms with van der Waals surface area (Å²) < 4.78 is 22.1. The number of carbonyl (C=O) groups excluding carboxylic acids is 1. The fourth-order valence-corrected chi connectivity index (χ4v) is 2.68. The van der Waals surface area contributed by atoms with Crippen molar-refractivity contribution < 1.29 is 23.7 Å². The van der Waals surface area contributed by atoms with Crippen molar-refractivity contribution in [3.05, 3.63) is 26.7 Å². The van der Waals surface area contributed by atoms with E-state index >= 15 is 0 Å². The number of carbonyl (C=O) groups is 1. The molecule has 0 aliphatic carbocycles. The zero-order valence-electron chi connectivity index (χ0n) is 11.0. The lowest BCUT2D eigenvalue weighted by Crippen LogP contribution is -2.05. The molecule has 0 spiro atoms. The van der Waals surface area contributed by atoms with E-state index in [1.54, 1.807) is 19.2 Å². The molecule has 1 unspecified atom stereocenters. The van der Waals surface area contributed by atoms with Gasteiger partial charge < -0.3 is 18.9 Å². The number of halogens is 2. The standard InChI is InChI=1S/C13H12Br2O5/c1-17-7-5-9(19-3)8(18-2)4-6(7)12-10(14)11(15)13(16)20-12/h4-5,12H,1-3H3. The van der Waals surface area contributed by atoms with Crippen LogP contribution in [0.2, 0.25) is 0 Å². The Balaban J connectivity index is 2.54. The minimum atomic E-state index is -0.577. The van der Waals surface area contributed by atoms with Crippen LogP contribution < -0.4 is 14.2 Å². The Hall–Kier alpha value is -1.21. The SMILES string of the molecule is COc1cc(OC)c(C2OC(=O)C(Br)=C2Br)cc1OC. The van der Waals surface area contributed by atoms with Crippen molar-refractivity contribution in [2.75, 3.05) is 21.3 Å². The highest BCUT2D eigenvalue weighted by atomic mass is 79.9. The molecule has 1 aliphatic rings. The van der Waals surface area contributed by atoms with Gasteiger partial charge >= 0.3 is 5.97 Å². The third kappa shape index (κ3) is 2.52. The Morgan fingerprint density at radius 1 is 1.00 bits per heavy atom. The number of hydrogen-bond acceptors (Lipinski definition) is 5. The van der Waals surface area contributed by atoms with Crippen molar-refractivity contribution in [3.63, 3.8) is 0 Å². The Labute approximate surface area is 133 Å². The third-order valence-electron chi connectivity index (χ3n) is 2.86. The zero-order chi connectivity index (χ0) is 14.9. The lowest BCUT2D eigenvalue weighted by atomic mass is 10.1. The van der Waals surface area contributed by atoms with Gasteiger partial charge in [-0.3, -0.25) is 0 Å². The fourth-order valence-electron chi connectivity index (χ4n) is 1.88.